The van der Waals surface area contributed by atoms with Crippen molar-refractivity contribution in [2.24, 2.45) is 0 Å². The molecule has 0 fully saturated rings. The van der Waals surface area contributed by atoms with Crippen LogP contribution in [0.4, 0.5) is 5.69 Å². The van der Waals surface area contributed by atoms with Crippen LogP contribution in [-0.4, -0.2) is 23.4 Å². The fourth-order valence-corrected chi connectivity index (χ4v) is 3.10. The normalized spacial score (nSPS) is 12.2. The minimum Gasteiger partial charge on any atom is -0.454 e. The monoisotopic (exact) mass is 388 g/mol. The van der Waals surface area contributed by atoms with E-state index >= 15 is 0 Å². The van der Waals surface area contributed by atoms with Crippen LogP contribution >= 0.6 is 23.4 Å². The number of hydrogen-bond acceptors (Lipinski definition) is 6. The van der Waals surface area contributed by atoms with Gasteiger partial charge in [0.1, 0.15) is 0 Å². The summed E-state index contributed by atoms with van der Waals surface area (Å²) >= 11 is 7.10. The quantitative estimate of drug-likeness (QED) is 0.651. The predicted molar refractivity (Wildman–Crippen MR) is 98.9 cm³/mol. The molecule has 0 atom stereocenters. The number of ether oxygens (including phenoxy) is 2. The van der Waals surface area contributed by atoms with E-state index in [-0.39, 0.29) is 18.5 Å². The van der Waals surface area contributed by atoms with Gasteiger partial charge in [0.15, 0.2) is 17.3 Å². The molecule has 132 valence electrons. The van der Waals surface area contributed by atoms with Gasteiger partial charge < -0.3 is 19.2 Å². The molecule has 8 heteroatoms. The van der Waals surface area contributed by atoms with E-state index in [1.165, 1.54) is 11.8 Å². The maximum atomic E-state index is 12.1. The topological polar surface area (TPSA) is 73.6 Å². The first-order chi connectivity index (χ1) is 12.7. The Hall–Kier alpha value is -2.64. The van der Waals surface area contributed by atoms with Crippen molar-refractivity contribution >= 4 is 35.0 Å². The maximum absolute atomic E-state index is 12.1. The minimum atomic E-state index is -0.167. The minimum absolute atomic E-state index is 0.167. The third-order valence-corrected chi connectivity index (χ3v) is 4.69. The van der Waals surface area contributed by atoms with Crippen LogP contribution in [-0.2, 0) is 4.79 Å². The summed E-state index contributed by atoms with van der Waals surface area (Å²) < 4.78 is 16.2. The Bertz CT molecular complexity index is 943. The Labute approximate surface area is 158 Å². The number of nitrogens with one attached hydrogen (secondary N) is 1. The molecule has 0 unspecified atom stereocenters. The number of halogens is 1. The van der Waals surface area contributed by atoms with Crippen molar-refractivity contribution in [2.45, 2.75) is 5.22 Å². The largest absolute Gasteiger partial charge is 0.454 e. The van der Waals surface area contributed by atoms with Gasteiger partial charge in [-0.05, 0) is 36.4 Å². The molecule has 0 bridgehead atoms. The van der Waals surface area contributed by atoms with Crippen LogP contribution in [0.1, 0.15) is 0 Å². The zero-order valence-corrected chi connectivity index (χ0v) is 15.0. The number of benzene rings is 2. The van der Waals surface area contributed by atoms with E-state index in [0.29, 0.717) is 33.2 Å². The molecular weight excluding hydrogens is 376 g/mol. The van der Waals surface area contributed by atoms with Crippen LogP contribution in [0.15, 0.2) is 58.3 Å². The second kappa shape index (κ2) is 7.31. The van der Waals surface area contributed by atoms with Gasteiger partial charge in [0.25, 0.3) is 5.22 Å². The van der Waals surface area contributed by atoms with Crippen LogP contribution < -0.4 is 14.8 Å². The second-order valence-electron chi connectivity index (χ2n) is 5.40. The Balaban J connectivity index is 1.34. The molecule has 1 amide bonds. The molecule has 1 aromatic heterocycles. The number of amides is 1. The number of oxazole rings is 1. The van der Waals surface area contributed by atoms with Gasteiger partial charge in [0, 0.05) is 22.3 Å². The lowest BCUT2D eigenvalue weighted by molar-refractivity contribution is -0.113. The molecule has 0 saturated heterocycles. The van der Waals surface area contributed by atoms with Crippen molar-refractivity contribution in [3.63, 3.8) is 0 Å². The molecule has 0 aliphatic carbocycles. The maximum Gasteiger partial charge on any atom is 0.256 e. The van der Waals surface area contributed by atoms with Gasteiger partial charge >= 0.3 is 0 Å². The summed E-state index contributed by atoms with van der Waals surface area (Å²) in [6.45, 7) is 0.197. The van der Waals surface area contributed by atoms with Crippen molar-refractivity contribution in [3.8, 4) is 22.8 Å². The molecule has 0 saturated carbocycles. The lowest BCUT2D eigenvalue weighted by Crippen LogP contribution is -2.13. The zero-order valence-electron chi connectivity index (χ0n) is 13.4. The van der Waals surface area contributed by atoms with Crippen LogP contribution in [0.25, 0.3) is 11.3 Å². The third-order valence-electron chi connectivity index (χ3n) is 3.60. The smallest absolute Gasteiger partial charge is 0.256 e. The van der Waals surface area contributed by atoms with Gasteiger partial charge in [0.05, 0.1) is 11.9 Å². The van der Waals surface area contributed by atoms with Crippen LogP contribution in [0, 0.1) is 0 Å². The highest BCUT2D eigenvalue weighted by molar-refractivity contribution is 7.99. The van der Waals surface area contributed by atoms with Crippen molar-refractivity contribution in [1.82, 2.24) is 4.98 Å². The van der Waals surface area contributed by atoms with E-state index in [2.05, 4.69) is 10.3 Å². The van der Waals surface area contributed by atoms with E-state index in [9.17, 15) is 4.79 Å². The molecule has 1 aliphatic heterocycles. The molecule has 0 spiro atoms. The van der Waals surface area contributed by atoms with Crippen LogP contribution in [0.2, 0.25) is 5.02 Å². The van der Waals surface area contributed by atoms with Gasteiger partial charge in [0.2, 0.25) is 12.7 Å². The summed E-state index contributed by atoms with van der Waals surface area (Å²) in [5, 5.41) is 3.89. The lowest BCUT2D eigenvalue weighted by Gasteiger charge is -2.05. The van der Waals surface area contributed by atoms with Crippen LogP contribution in [0.3, 0.4) is 0 Å². The van der Waals surface area contributed by atoms with Crippen molar-refractivity contribution < 1.29 is 18.7 Å². The summed E-state index contributed by atoms with van der Waals surface area (Å²) in [5.41, 5.74) is 1.52. The Morgan fingerprint density at radius 2 is 1.96 bits per heavy atom. The molecule has 2 heterocycles. The van der Waals surface area contributed by atoms with Crippen LogP contribution in [0.5, 0.6) is 11.5 Å². The van der Waals surface area contributed by atoms with E-state index in [0.717, 1.165) is 5.56 Å². The number of anilines is 1. The van der Waals surface area contributed by atoms with Crippen molar-refractivity contribution in [2.75, 3.05) is 17.9 Å². The fraction of sp³-hybridized carbons (Fsp3) is 0.111. The summed E-state index contributed by atoms with van der Waals surface area (Å²) in [6, 6.07) is 12.5. The highest BCUT2D eigenvalue weighted by atomic mass is 35.5. The molecule has 2 aromatic carbocycles. The van der Waals surface area contributed by atoms with Crippen molar-refractivity contribution in [3.05, 3.63) is 53.7 Å². The van der Waals surface area contributed by atoms with Gasteiger partial charge in [-0.2, -0.15) is 0 Å². The van der Waals surface area contributed by atoms with Gasteiger partial charge in [-0.15, -0.1) is 0 Å². The summed E-state index contributed by atoms with van der Waals surface area (Å²) in [7, 11) is 0. The van der Waals surface area contributed by atoms with E-state index in [4.69, 9.17) is 25.5 Å². The zero-order chi connectivity index (χ0) is 17.9. The lowest BCUT2D eigenvalue weighted by atomic mass is 10.2. The number of rotatable bonds is 5. The molecule has 0 radical (unpaired) electrons. The van der Waals surface area contributed by atoms with Gasteiger partial charge in [-0.25, -0.2) is 4.98 Å². The number of nitrogens with zero attached hydrogens (tertiary/aromatic N) is 1. The molecular formula is C18H13ClN2O4S. The summed E-state index contributed by atoms with van der Waals surface area (Å²) in [6.07, 6.45) is 1.63. The fourth-order valence-electron chi connectivity index (χ4n) is 2.37. The predicted octanol–water partition coefficient (Wildman–Crippen LogP) is 4.45. The number of hydrogen-bond donors (Lipinski definition) is 1. The summed E-state index contributed by atoms with van der Waals surface area (Å²) in [5.74, 6) is 1.93. The molecule has 1 aliphatic rings. The highest BCUT2D eigenvalue weighted by Gasteiger charge is 2.15. The average Bonchev–Trinajstić information content (AvgIpc) is 3.29. The molecule has 4 rings (SSSR count). The van der Waals surface area contributed by atoms with Crippen molar-refractivity contribution in [1.29, 1.82) is 0 Å². The number of thioether (sulfide) groups is 1. The molecule has 1 N–H and O–H groups in total. The standard InChI is InChI=1S/C18H13ClN2O4S/c19-12-3-1-11(2-4-12)16-8-20-18(25-16)26-9-17(22)21-13-5-6-14-15(7-13)24-10-23-14/h1-8H,9-10H2,(H,21,22). The first-order valence-corrected chi connectivity index (χ1v) is 9.08. The Kier molecular flexibility index (Phi) is 4.73. The van der Waals surface area contributed by atoms with E-state index in [1.54, 1.807) is 36.5 Å². The van der Waals surface area contributed by atoms with Gasteiger partial charge in [-0.3, -0.25) is 4.79 Å². The number of aromatic nitrogens is 1. The number of carbonyl (C=O) groups excluding carboxylic acids is 1. The van der Waals surface area contributed by atoms with Gasteiger partial charge in [-0.1, -0.05) is 23.4 Å². The molecule has 3 aromatic rings. The SMILES string of the molecule is O=C(CSc1ncc(-c2ccc(Cl)cc2)o1)Nc1ccc2c(c1)OCO2. The van der Waals surface area contributed by atoms with E-state index < -0.39 is 0 Å². The molecule has 26 heavy (non-hydrogen) atoms. The Morgan fingerprint density at radius 3 is 2.81 bits per heavy atom. The first-order valence-electron chi connectivity index (χ1n) is 7.71. The van der Waals surface area contributed by atoms with E-state index in [1.807, 2.05) is 12.1 Å². The molecule has 6 nitrogen and oxygen atoms in total. The number of fused-ring (bicyclic) bond motifs is 1. The Morgan fingerprint density at radius 1 is 1.15 bits per heavy atom. The summed E-state index contributed by atoms with van der Waals surface area (Å²) in [4.78, 5) is 16.3. The first kappa shape index (κ1) is 16.8. The highest BCUT2D eigenvalue weighted by Crippen LogP contribution is 2.34. The number of carbonyl (C=O) groups is 1. The third kappa shape index (κ3) is 3.79. The average molecular weight is 389 g/mol. The second-order valence-corrected chi connectivity index (χ2v) is 6.77.